The van der Waals surface area contributed by atoms with Crippen molar-refractivity contribution < 1.29 is 22.3 Å². The van der Waals surface area contributed by atoms with Crippen LogP contribution in [0.2, 0.25) is 0 Å². The third kappa shape index (κ3) is 5.41. The quantitative estimate of drug-likeness (QED) is 0.546. The van der Waals surface area contributed by atoms with Crippen LogP contribution in [0.4, 0.5) is 10.1 Å². The number of aryl methyl sites for hydroxylation is 1. The largest absolute Gasteiger partial charge is 0.459 e. The summed E-state index contributed by atoms with van der Waals surface area (Å²) in [5.74, 6) is -0.399. The Kier molecular flexibility index (Phi) is 6.35. The fourth-order valence-corrected chi connectivity index (χ4v) is 4.31. The SMILES string of the molecule is CCCc1nc2c(NS(=O)(=O)c3cccc(F)c3)cccc2n1CC(=O)OC(C)(C)C. The number of carbonyl (C=O) groups is 1. The van der Waals surface area contributed by atoms with Crippen molar-refractivity contribution in [1.29, 1.82) is 0 Å². The van der Waals surface area contributed by atoms with Crippen LogP contribution in [0.3, 0.4) is 0 Å². The zero-order valence-electron chi connectivity index (χ0n) is 18.0. The van der Waals surface area contributed by atoms with Crippen molar-refractivity contribution in [3.8, 4) is 0 Å². The van der Waals surface area contributed by atoms with Gasteiger partial charge in [-0.15, -0.1) is 0 Å². The fourth-order valence-electron chi connectivity index (χ4n) is 3.21. The van der Waals surface area contributed by atoms with Crippen LogP contribution in [-0.2, 0) is 32.5 Å². The maximum atomic E-state index is 13.5. The highest BCUT2D eigenvalue weighted by molar-refractivity contribution is 7.92. The van der Waals surface area contributed by atoms with E-state index in [1.54, 1.807) is 43.5 Å². The van der Waals surface area contributed by atoms with Gasteiger partial charge in [-0.25, -0.2) is 17.8 Å². The normalized spacial score (nSPS) is 12.2. The molecule has 9 heteroatoms. The first-order valence-electron chi connectivity index (χ1n) is 9.98. The lowest BCUT2D eigenvalue weighted by Crippen LogP contribution is -2.27. The Labute approximate surface area is 181 Å². The van der Waals surface area contributed by atoms with E-state index in [-0.39, 0.29) is 17.1 Å². The summed E-state index contributed by atoms with van der Waals surface area (Å²) in [6, 6.07) is 9.80. The minimum absolute atomic E-state index is 0.0385. The van der Waals surface area contributed by atoms with Gasteiger partial charge in [-0.3, -0.25) is 9.52 Å². The first kappa shape index (κ1) is 22.7. The smallest absolute Gasteiger partial charge is 0.326 e. The second kappa shape index (κ2) is 8.66. The van der Waals surface area contributed by atoms with E-state index in [1.165, 1.54) is 18.2 Å². The summed E-state index contributed by atoms with van der Waals surface area (Å²) in [4.78, 5) is 16.9. The van der Waals surface area contributed by atoms with Gasteiger partial charge in [0.05, 0.1) is 16.1 Å². The lowest BCUT2D eigenvalue weighted by Gasteiger charge is -2.20. The molecule has 2 aromatic carbocycles. The van der Waals surface area contributed by atoms with Crippen molar-refractivity contribution in [3.63, 3.8) is 0 Å². The van der Waals surface area contributed by atoms with Gasteiger partial charge in [0, 0.05) is 6.42 Å². The van der Waals surface area contributed by atoms with E-state index in [0.29, 0.717) is 23.3 Å². The molecule has 0 aliphatic carbocycles. The molecule has 1 heterocycles. The molecule has 0 saturated heterocycles. The Balaban J connectivity index is 2.02. The topological polar surface area (TPSA) is 90.3 Å². The van der Waals surface area contributed by atoms with Crippen molar-refractivity contribution in [1.82, 2.24) is 9.55 Å². The monoisotopic (exact) mass is 447 g/mol. The van der Waals surface area contributed by atoms with Crippen LogP contribution < -0.4 is 4.72 Å². The van der Waals surface area contributed by atoms with E-state index in [0.717, 1.165) is 12.5 Å². The van der Waals surface area contributed by atoms with Crippen molar-refractivity contribution in [3.05, 3.63) is 54.1 Å². The number of nitrogens with zero attached hydrogens (tertiary/aromatic N) is 2. The molecule has 0 fully saturated rings. The summed E-state index contributed by atoms with van der Waals surface area (Å²) in [5.41, 5.74) is 0.648. The highest BCUT2D eigenvalue weighted by atomic mass is 32.2. The maximum absolute atomic E-state index is 13.5. The number of hydrogen-bond acceptors (Lipinski definition) is 5. The number of benzene rings is 2. The molecule has 3 rings (SSSR count). The van der Waals surface area contributed by atoms with Crippen LogP contribution in [0.25, 0.3) is 11.0 Å². The number of sulfonamides is 1. The van der Waals surface area contributed by atoms with Crippen molar-refractivity contribution >= 4 is 32.7 Å². The third-order valence-electron chi connectivity index (χ3n) is 4.39. The number of aromatic nitrogens is 2. The second-order valence-corrected chi connectivity index (χ2v) is 9.87. The predicted molar refractivity (Wildman–Crippen MR) is 117 cm³/mol. The average molecular weight is 448 g/mol. The van der Waals surface area contributed by atoms with Crippen LogP contribution in [0, 0.1) is 5.82 Å². The fraction of sp³-hybridized carbons (Fsp3) is 0.364. The lowest BCUT2D eigenvalue weighted by molar-refractivity contribution is -0.155. The number of fused-ring (bicyclic) bond motifs is 1. The molecule has 0 unspecified atom stereocenters. The molecule has 0 bridgehead atoms. The van der Waals surface area contributed by atoms with Crippen LogP contribution in [0.5, 0.6) is 0 Å². The zero-order chi connectivity index (χ0) is 22.8. The number of anilines is 1. The van der Waals surface area contributed by atoms with E-state index in [4.69, 9.17) is 4.74 Å². The molecular weight excluding hydrogens is 421 g/mol. The van der Waals surface area contributed by atoms with Gasteiger partial charge >= 0.3 is 5.97 Å². The molecule has 0 spiro atoms. The zero-order valence-corrected chi connectivity index (χ0v) is 18.8. The molecule has 1 N–H and O–H groups in total. The van der Waals surface area contributed by atoms with E-state index in [1.807, 2.05) is 6.92 Å². The number of ether oxygens (including phenoxy) is 1. The standard InChI is InChI=1S/C22H26FN3O4S/c1-5-8-19-24-21-17(25-31(28,29)16-10-6-9-15(23)13-16)11-7-12-18(21)26(19)14-20(27)30-22(2,3)4/h6-7,9-13,25H,5,8,14H2,1-4H3. The molecule has 3 aromatic rings. The first-order valence-corrected chi connectivity index (χ1v) is 11.5. The Hall–Kier alpha value is -2.94. The Bertz CT molecular complexity index is 1210. The average Bonchev–Trinajstić information content (AvgIpc) is 2.99. The molecule has 0 amide bonds. The molecule has 0 aliphatic rings. The van der Waals surface area contributed by atoms with Gasteiger partial charge in [-0.05, 0) is 57.5 Å². The number of para-hydroxylation sites is 1. The lowest BCUT2D eigenvalue weighted by atomic mass is 10.2. The first-order chi connectivity index (χ1) is 14.5. The van der Waals surface area contributed by atoms with Gasteiger partial charge in [0.2, 0.25) is 0 Å². The molecule has 166 valence electrons. The number of carbonyl (C=O) groups excluding carboxylic acids is 1. The molecule has 0 atom stereocenters. The van der Waals surface area contributed by atoms with Gasteiger partial charge in [0.25, 0.3) is 10.0 Å². The molecule has 7 nitrogen and oxygen atoms in total. The van der Waals surface area contributed by atoms with Crippen molar-refractivity contribution in [2.75, 3.05) is 4.72 Å². The van der Waals surface area contributed by atoms with Crippen LogP contribution in [0.1, 0.15) is 39.9 Å². The summed E-state index contributed by atoms with van der Waals surface area (Å²) < 4.78 is 48.7. The van der Waals surface area contributed by atoms with Crippen LogP contribution in [0.15, 0.2) is 47.4 Å². The summed E-state index contributed by atoms with van der Waals surface area (Å²) in [6.45, 7) is 7.34. The van der Waals surface area contributed by atoms with Crippen LogP contribution in [-0.4, -0.2) is 29.5 Å². The number of halogens is 1. The van der Waals surface area contributed by atoms with Gasteiger partial charge in [-0.2, -0.15) is 0 Å². The van der Waals surface area contributed by atoms with Gasteiger partial charge in [-0.1, -0.05) is 19.1 Å². The summed E-state index contributed by atoms with van der Waals surface area (Å²) in [6.07, 6.45) is 1.40. The number of rotatable bonds is 7. The van der Waals surface area contributed by atoms with E-state index in [2.05, 4.69) is 9.71 Å². The second-order valence-electron chi connectivity index (χ2n) is 8.19. The summed E-state index contributed by atoms with van der Waals surface area (Å²) in [5, 5.41) is 0. The van der Waals surface area contributed by atoms with Crippen molar-refractivity contribution in [2.45, 2.75) is 57.6 Å². The third-order valence-corrected chi connectivity index (χ3v) is 5.75. The predicted octanol–water partition coefficient (Wildman–Crippen LogP) is 4.27. The number of nitrogens with one attached hydrogen (secondary N) is 1. The highest BCUT2D eigenvalue weighted by Gasteiger charge is 2.22. The summed E-state index contributed by atoms with van der Waals surface area (Å²) >= 11 is 0. The number of hydrogen-bond donors (Lipinski definition) is 1. The molecule has 0 aliphatic heterocycles. The summed E-state index contributed by atoms with van der Waals surface area (Å²) in [7, 11) is -4.02. The molecule has 1 aromatic heterocycles. The van der Waals surface area contributed by atoms with Crippen molar-refractivity contribution in [2.24, 2.45) is 0 Å². The van der Waals surface area contributed by atoms with E-state index >= 15 is 0 Å². The van der Waals surface area contributed by atoms with Gasteiger partial charge in [0.15, 0.2) is 0 Å². The maximum Gasteiger partial charge on any atom is 0.326 e. The minimum atomic E-state index is -4.02. The molecule has 0 radical (unpaired) electrons. The van der Waals surface area contributed by atoms with Gasteiger partial charge in [0.1, 0.15) is 29.3 Å². The Morgan fingerprint density at radius 3 is 2.55 bits per heavy atom. The van der Waals surface area contributed by atoms with E-state index < -0.39 is 27.4 Å². The number of imidazole rings is 1. The highest BCUT2D eigenvalue weighted by Crippen LogP contribution is 2.27. The van der Waals surface area contributed by atoms with Crippen LogP contribution >= 0.6 is 0 Å². The number of esters is 1. The molecular formula is C22H26FN3O4S. The Morgan fingerprint density at radius 1 is 1.19 bits per heavy atom. The Morgan fingerprint density at radius 2 is 1.90 bits per heavy atom. The van der Waals surface area contributed by atoms with E-state index in [9.17, 15) is 17.6 Å². The minimum Gasteiger partial charge on any atom is -0.459 e. The molecule has 0 saturated carbocycles. The van der Waals surface area contributed by atoms with Gasteiger partial charge < -0.3 is 9.30 Å². The molecule has 31 heavy (non-hydrogen) atoms.